The molecule has 5 heteroatoms. The molecular weight excluding hydrogens is 250 g/mol. The van der Waals surface area contributed by atoms with Crippen molar-refractivity contribution in [2.45, 2.75) is 71.6 Å². The number of likely N-dealkylation sites (tertiary alicyclic amines) is 1. The van der Waals surface area contributed by atoms with E-state index in [-0.39, 0.29) is 0 Å². The van der Waals surface area contributed by atoms with Crippen LogP contribution >= 0.6 is 0 Å². The van der Waals surface area contributed by atoms with E-state index in [0.29, 0.717) is 18.1 Å². The first-order valence-corrected chi connectivity index (χ1v) is 7.99. The fourth-order valence-electron chi connectivity index (χ4n) is 3.24. The Morgan fingerprint density at radius 2 is 2.15 bits per heavy atom. The van der Waals surface area contributed by atoms with E-state index in [9.17, 15) is 0 Å². The lowest BCUT2D eigenvalue weighted by Gasteiger charge is -2.39. The second-order valence-electron chi connectivity index (χ2n) is 6.09. The lowest BCUT2D eigenvalue weighted by atomic mass is 9.96. The van der Waals surface area contributed by atoms with E-state index in [1.54, 1.807) is 6.33 Å². The van der Waals surface area contributed by atoms with Crippen LogP contribution in [0.4, 0.5) is 0 Å². The largest absolute Gasteiger partial charge is 0.313 e. The highest BCUT2D eigenvalue weighted by molar-refractivity contribution is 4.92. The number of hydrogen-bond donors (Lipinski definition) is 1. The lowest BCUT2D eigenvalue weighted by molar-refractivity contribution is 0.107. The third-order valence-corrected chi connectivity index (χ3v) is 4.25. The highest BCUT2D eigenvalue weighted by atomic mass is 15.4. The second kappa shape index (κ2) is 7.18. The molecule has 0 amide bonds. The van der Waals surface area contributed by atoms with Gasteiger partial charge < -0.3 is 5.32 Å². The number of nitrogens with one attached hydrogen (secondary N) is 1. The molecule has 2 unspecified atom stereocenters. The molecule has 1 aliphatic heterocycles. The van der Waals surface area contributed by atoms with Gasteiger partial charge in [0.1, 0.15) is 12.2 Å². The van der Waals surface area contributed by atoms with Gasteiger partial charge in [0.25, 0.3) is 0 Å². The molecular formula is C15H29N5. The van der Waals surface area contributed by atoms with E-state index in [2.05, 4.69) is 48.0 Å². The summed E-state index contributed by atoms with van der Waals surface area (Å²) < 4.78 is 2.05. The van der Waals surface area contributed by atoms with Crippen molar-refractivity contribution >= 4 is 0 Å². The van der Waals surface area contributed by atoms with Gasteiger partial charge in [-0.15, -0.1) is 0 Å². The molecule has 20 heavy (non-hydrogen) atoms. The molecule has 2 atom stereocenters. The number of aromatic nitrogens is 3. The third kappa shape index (κ3) is 3.58. The maximum atomic E-state index is 4.46. The van der Waals surface area contributed by atoms with Gasteiger partial charge in [0.2, 0.25) is 0 Å². The zero-order valence-electron chi connectivity index (χ0n) is 13.3. The molecule has 1 saturated heterocycles. The van der Waals surface area contributed by atoms with E-state index in [0.717, 1.165) is 18.9 Å². The number of hydrogen-bond acceptors (Lipinski definition) is 4. The van der Waals surface area contributed by atoms with E-state index in [1.807, 2.05) is 4.68 Å². The lowest BCUT2D eigenvalue weighted by Crippen LogP contribution is -2.50. The van der Waals surface area contributed by atoms with Crippen molar-refractivity contribution in [2.24, 2.45) is 0 Å². The summed E-state index contributed by atoms with van der Waals surface area (Å²) in [6.45, 7) is 11.9. The fraction of sp³-hybridized carbons (Fsp3) is 0.867. The van der Waals surface area contributed by atoms with E-state index in [1.165, 1.54) is 25.8 Å². The molecule has 2 heterocycles. The van der Waals surface area contributed by atoms with Gasteiger partial charge >= 0.3 is 0 Å². The first-order valence-electron chi connectivity index (χ1n) is 7.99. The molecule has 1 aliphatic rings. The van der Waals surface area contributed by atoms with Crippen LogP contribution in [0.25, 0.3) is 0 Å². The smallest absolute Gasteiger partial charge is 0.141 e. The molecule has 1 aromatic heterocycles. The van der Waals surface area contributed by atoms with Crippen molar-refractivity contribution in [3.05, 3.63) is 12.2 Å². The zero-order valence-corrected chi connectivity index (χ0v) is 13.3. The minimum atomic E-state index is 0.377. The van der Waals surface area contributed by atoms with Gasteiger partial charge in [0.05, 0.1) is 6.54 Å². The molecule has 0 saturated carbocycles. The SMILES string of the molecule is CCNC(C)C1CCCCN1Cc1ncnn1C(C)C. The normalized spacial score (nSPS) is 22.4. The highest BCUT2D eigenvalue weighted by Gasteiger charge is 2.28. The van der Waals surface area contributed by atoms with Crippen LogP contribution in [0.5, 0.6) is 0 Å². The van der Waals surface area contributed by atoms with Crippen LogP contribution in [0.3, 0.4) is 0 Å². The van der Waals surface area contributed by atoms with Gasteiger partial charge in [0.15, 0.2) is 0 Å². The van der Waals surface area contributed by atoms with Gasteiger partial charge in [0, 0.05) is 18.1 Å². The predicted molar refractivity (Wildman–Crippen MR) is 81.6 cm³/mol. The summed E-state index contributed by atoms with van der Waals surface area (Å²) in [6.07, 6.45) is 5.60. The summed E-state index contributed by atoms with van der Waals surface area (Å²) in [7, 11) is 0. The Bertz CT molecular complexity index is 401. The van der Waals surface area contributed by atoms with Crippen molar-refractivity contribution in [2.75, 3.05) is 13.1 Å². The maximum absolute atomic E-state index is 4.46. The Kier molecular flexibility index (Phi) is 5.54. The quantitative estimate of drug-likeness (QED) is 0.867. The van der Waals surface area contributed by atoms with Gasteiger partial charge in [-0.2, -0.15) is 5.10 Å². The summed E-state index contributed by atoms with van der Waals surface area (Å²) in [4.78, 5) is 7.04. The van der Waals surface area contributed by atoms with Crippen molar-refractivity contribution in [1.82, 2.24) is 25.0 Å². The van der Waals surface area contributed by atoms with E-state index < -0.39 is 0 Å². The molecule has 0 bridgehead atoms. The predicted octanol–water partition coefficient (Wildman–Crippen LogP) is 2.21. The van der Waals surface area contributed by atoms with Gasteiger partial charge in [-0.25, -0.2) is 9.67 Å². The van der Waals surface area contributed by atoms with E-state index in [4.69, 9.17) is 0 Å². The molecule has 5 nitrogen and oxygen atoms in total. The summed E-state index contributed by atoms with van der Waals surface area (Å²) in [5.41, 5.74) is 0. The molecule has 0 aliphatic carbocycles. The van der Waals surface area contributed by atoms with Gasteiger partial charge in [-0.05, 0) is 46.7 Å². The van der Waals surface area contributed by atoms with Crippen LogP contribution in [-0.2, 0) is 6.54 Å². The molecule has 0 spiro atoms. The maximum Gasteiger partial charge on any atom is 0.141 e. The molecule has 114 valence electrons. The number of rotatable bonds is 6. The fourth-order valence-corrected chi connectivity index (χ4v) is 3.24. The Morgan fingerprint density at radius 1 is 1.35 bits per heavy atom. The Morgan fingerprint density at radius 3 is 2.85 bits per heavy atom. The number of nitrogens with zero attached hydrogens (tertiary/aromatic N) is 4. The van der Waals surface area contributed by atoms with Gasteiger partial charge in [-0.1, -0.05) is 13.3 Å². The monoisotopic (exact) mass is 279 g/mol. The number of piperidine rings is 1. The third-order valence-electron chi connectivity index (χ3n) is 4.25. The summed E-state index contributed by atoms with van der Waals surface area (Å²) in [6, 6.07) is 1.53. The van der Waals surface area contributed by atoms with Crippen LogP contribution in [-0.4, -0.2) is 44.8 Å². The molecule has 1 N–H and O–H groups in total. The van der Waals surface area contributed by atoms with Crippen LogP contribution in [0.1, 0.15) is 58.8 Å². The minimum absolute atomic E-state index is 0.377. The molecule has 1 aromatic rings. The Hall–Kier alpha value is -0.940. The summed E-state index contributed by atoms with van der Waals surface area (Å²) >= 11 is 0. The van der Waals surface area contributed by atoms with E-state index >= 15 is 0 Å². The first-order chi connectivity index (χ1) is 9.63. The second-order valence-corrected chi connectivity index (χ2v) is 6.09. The molecule has 0 aromatic carbocycles. The van der Waals surface area contributed by atoms with Crippen molar-refractivity contribution in [1.29, 1.82) is 0 Å². The number of likely N-dealkylation sites (N-methyl/N-ethyl adjacent to an activating group) is 1. The molecule has 1 fully saturated rings. The van der Waals surface area contributed by atoms with Crippen LogP contribution in [0.2, 0.25) is 0 Å². The van der Waals surface area contributed by atoms with Gasteiger partial charge in [-0.3, -0.25) is 4.90 Å². The topological polar surface area (TPSA) is 46.0 Å². The molecule has 0 radical (unpaired) electrons. The average molecular weight is 279 g/mol. The summed E-state index contributed by atoms with van der Waals surface area (Å²) in [5.74, 6) is 1.09. The van der Waals surface area contributed by atoms with Crippen molar-refractivity contribution < 1.29 is 0 Å². The first kappa shape index (κ1) is 15.4. The highest BCUT2D eigenvalue weighted by Crippen LogP contribution is 2.22. The average Bonchev–Trinajstić information content (AvgIpc) is 2.88. The minimum Gasteiger partial charge on any atom is -0.313 e. The van der Waals surface area contributed by atoms with Crippen molar-refractivity contribution in [3.63, 3.8) is 0 Å². The standard InChI is InChI=1S/C15H29N5/c1-5-16-13(4)14-8-6-7-9-19(14)10-15-17-11-18-20(15)12(2)3/h11-14,16H,5-10H2,1-4H3. The Labute approximate surface area is 122 Å². The van der Waals surface area contributed by atoms with Crippen molar-refractivity contribution in [3.8, 4) is 0 Å². The Balaban J connectivity index is 2.06. The zero-order chi connectivity index (χ0) is 14.5. The van der Waals surface area contributed by atoms with Crippen LogP contribution in [0, 0.1) is 0 Å². The summed E-state index contributed by atoms with van der Waals surface area (Å²) in [5, 5.41) is 7.93. The van der Waals surface area contributed by atoms with Crippen LogP contribution < -0.4 is 5.32 Å². The molecule has 2 rings (SSSR count). The van der Waals surface area contributed by atoms with Crippen LogP contribution in [0.15, 0.2) is 6.33 Å².